The second kappa shape index (κ2) is 2.07. The van der Waals surface area contributed by atoms with Gasteiger partial charge < -0.3 is 14.4 Å². The predicted molar refractivity (Wildman–Crippen MR) is 34.4 cm³/mol. The molecule has 0 saturated carbocycles. The summed E-state index contributed by atoms with van der Waals surface area (Å²) in [5, 5.41) is 0. The maximum absolute atomic E-state index is 8.66. The number of hydrogen-bond donors (Lipinski definition) is 3. The van der Waals surface area contributed by atoms with Gasteiger partial charge in [0.1, 0.15) is 0 Å². The van der Waals surface area contributed by atoms with E-state index in [1.54, 1.807) is 24.3 Å². The summed E-state index contributed by atoms with van der Waals surface area (Å²) in [6.45, 7) is 0. The molecule has 1 rings (SSSR count). The van der Waals surface area contributed by atoms with Crippen LogP contribution in [0, 0.1) is 0 Å². The molecule has 0 aliphatic heterocycles. The first kappa shape index (κ1) is 6.69. The zero-order chi connectivity index (χ0) is 6.91. The van der Waals surface area contributed by atoms with Gasteiger partial charge in [0.2, 0.25) is 0 Å². The van der Waals surface area contributed by atoms with Crippen molar-refractivity contribution in [3.8, 4) is 0 Å². The Hall–Kier alpha value is -0.423. The highest BCUT2D eigenvalue weighted by molar-refractivity contribution is 6.59. The minimum atomic E-state index is -3.90. The molecular weight excluding hydrogens is 136 g/mol. The van der Waals surface area contributed by atoms with Gasteiger partial charge in [0.25, 0.3) is 0 Å². The Labute approximate surface area is 53.9 Å². The van der Waals surface area contributed by atoms with Crippen LogP contribution in [0.15, 0.2) is 24.3 Å². The highest BCUT2D eigenvalue weighted by Gasteiger charge is 2.36. The van der Waals surface area contributed by atoms with Gasteiger partial charge >= 0.3 is 8.80 Å². The van der Waals surface area contributed by atoms with Gasteiger partial charge in [-0.05, 0) is 0 Å². The Morgan fingerprint density at radius 1 is 1.00 bits per heavy atom. The monoisotopic (exact) mass is 144 g/mol. The first-order valence-electron chi connectivity index (χ1n) is 2.63. The van der Waals surface area contributed by atoms with Crippen molar-refractivity contribution < 1.29 is 14.4 Å². The molecular formula is C5H8O3Si. The molecule has 1 aliphatic carbocycles. The molecule has 0 unspecified atom stereocenters. The van der Waals surface area contributed by atoms with Crippen LogP contribution in [0.4, 0.5) is 0 Å². The molecule has 0 amide bonds. The van der Waals surface area contributed by atoms with E-state index in [0.717, 1.165) is 0 Å². The smallest absolute Gasteiger partial charge is 0.389 e. The first-order valence-corrected chi connectivity index (χ1v) is 4.55. The number of allylic oxidation sites excluding steroid dienone is 4. The molecule has 0 heterocycles. The van der Waals surface area contributed by atoms with E-state index < -0.39 is 14.3 Å². The normalized spacial score (nSPS) is 19.4. The van der Waals surface area contributed by atoms with Crippen LogP contribution < -0.4 is 0 Å². The van der Waals surface area contributed by atoms with Crippen LogP contribution >= 0.6 is 0 Å². The Morgan fingerprint density at radius 2 is 1.44 bits per heavy atom. The molecule has 50 valence electrons. The fraction of sp³-hybridized carbons (Fsp3) is 0.200. The van der Waals surface area contributed by atoms with Gasteiger partial charge in [-0.2, -0.15) is 0 Å². The maximum atomic E-state index is 8.66. The van der Waals surface area contributed by atoms with Gasteiger partial charge in [0.05, 0.1) is 5.54 Å². The number of hydrogen-bond acceptors (Lipinski definition) is 3. The van der Waals surface area contributed by atoms with Crippen molar-refractivity contribution in [3.05, 3.63) is 24.3 Å². The fourth-order valence-electron chi connectivity index (χ4n) is 0.690. The molecule has 4 heteroatoms. The summed E-state index contributed by atoms with van der Waals surface area (Å²) in [7, 11) is -3.90. The van der Waals surface area contributed by atoms with E-state index in [0.29, 0.717) is 0 Å². The van der Waals surface area contributed by atoms with E-state index in [1.165, 1.54) is 0 Å². The molecule has 0 aromatic carbocycles. The van der Waals surface area contributed by atoms with Crippen LogP contribution in [0.25, 0.3) is 0 Å². The predicted octanol–water partition coefficient (Wildman–Crippen LogP) is -0.602. The Bertz CT molecular complexity index is 144. The van der Waals surface area contributed by atoms with Crippen molar-refractivity contribution >= 4 is 8.80 Å². The first-order chi connectivity index (χ1) is 4.11. The van der Waals surface area contributed by atoms with Crippen LogP contribution in [0.5, 0.6) is 0 Å². The molecule has 0 atom stereocenters. The Kier molecular flexibility index (Phi) is 1.54. The summed E-state index contributed by atoms with van der Waals surface area (Å²) in [4.78, 5) is 26.0. The van der Waals surface area contributed by atoms with Gasteiger partial charge in [-0.1, -0.05) is 24.3 Å². The van der Waals surface area contributed by atoms with Crippen molar-refractivity contribution in [2.75, 3.05) is 0 Å². The van der Waals surface area contributed by atoms with Gasteiger partial charge in [-0.3, -0.25) is 0 Å². The largest absolute Gasteiger partial charge is 0.504 e. The summed E-state index contributed by atoms with van der Waals surface area (Å²) in [5.74, 6) is 0. The molecule has 0 radical (unpaired) electrons. The van der Waals surface area contributed by atoms with Gasteiger partial charge in [0.15, 0.2) is 0 Å². The lowest BCUT2D eigenvalue weighted by molar-refractivity contribution is 0.224. The van der Waals surface area contributed by atoms with E-state index >= 15 is 0 Å². The molecule has 0 saturated heterocycles. The third kappa shape index (κ3) is 1.49. The molecule has 0 spiro atoms. The molecule has 0 fully saturated rings. The Balaban J connectivity index is 2.64. The average molecular weight is 144 g/mol. The van der Waals surface area contributed by atoms with Crippen molar-refractivity contribution in [2.24, 2.45) is 0 Å². The standard InChI is InChI=1S/C5H8O3Si/c6-9(7,8)5-3-1-2-4-5/h1-8H. The van der Waals surface area contributed by atoms with Gasteiger partial charge in [0, 0.05) is 0 Å². The van der Waals surface area contributed by atoms with Crippen molar-refractivity contribution in [1.82, 2.24) is 0 Å². The third-order valence-corrected chi connectivity index (χ3v) is 2.47. The third-order valence-electron chi connectivity index (χ3n) is 1.20. The Morgan fingerprint density at radius 3 is 1.67 bits per heavy atom. The molecule has 1 aliphatic rings. The maximum Gasteiger partial charge on any atom is 0.504 e. The van der Waals surface area contributed by atoms with Crippen LogP contribution in [0.2, 0.25) is 5.54 Å². The molecule has 0 aromatic heterocycles. The highest BCUT2D eigenvalue weighted by atomic mass is 28.4. The second-order valence-corrected chi connectivity index (χ2v) is 4.02. The van der Waals surface area contributed by atoms with Gasteiger partial charge in [-0.25, -0.2) is 0 Å². The average Bonchev–Trinajstić information content (AvgIpc) is 2.08. The lowest BCUT2D eigenvalue weighted by atomic mass is 10.5. The summed E-state index contributed by atoms with van der Waals surface area (Å²) in [5.41, 5.74) is -0.544. The minimum Gasteiger partial charge on any atom is -0.389 e. The quantitative estimate of drug-likeness (QED) is 0.431. The molecule has 0 aromatic rings. The summed E-state index contributed by atoms with van der Waals surface area (Å²) < 4.78 is 0. The topological polar surface area (TPSA) is 60.7 Å². The fourth-order valence-corrected chi connectivity index (χ4v) is 1.43. The molecule has 9 heavy (non-hydrogen) atoms. The lowest BCUT2D eigenvalue weighted by Crippen LogP contribution is -2.38. The summed E-state index contributed by atoms with van der Waals surface area (Å²) in [6.07, 6.45) is 6.47. The van der Waals surface area contributed by atoms with E-state index in [-0.39, 0.29) is 0 Å². The van der Waals surface area contributed by atoms with Crippen LogP contribution in [0.1, 0.15) is 0 Å². The second-order valence-electron chi connectivity index (χ2n) is 1.98. The zero-order valence-corrected chi connectivity index (χ0v) is 5.73. The van der Waals surface area contributed by atoms with Crippen molar-refractivity contribution in [3.63, 3.8) is 0 Å². The van der Waals surface area contributed by atoms with E-state index in [2.05, 4.69) is 0 Å². The van der Waals surface area contributed by atoms with Crippen LogP contribution in [-0.4, -0.2) is 23.2 Å². The van der Waals surface area contributed by atoms with Crippen LogP contribution in [0.3, 0.4) is 0 Å². The molecule has 3 nitrogen and oxygen atoms in total. The highest BCUT2D eigenvalue weighted by Crippen LogP contribution is 2.21. The molecule has 3 N–H and O–H groups in total. The van der Waals surface area contributed by atoms with Crippen molar-refractivity contribution in [1.29, 1.82) is 0 Å². The molecule has 0 bridgehead atoms. The lowest BCUT2D eigenvalue weighted by Gasteiger charge is -2.12. The van der Waals surface area contributed by atoms with E-state index in [1.807, 2.05) is 0 Å². The number of rotatable bonds is 1. The van der Waals surface area contributed by atoms with Crippen LogP contribution in [-0.2, 0) is 0 Å². The van der Waals surface area contributed by atoms with Crippen molar-refractivity contribution in [2.45, 2.75) is 5.54 Å². The van der Waals surface area contributed by atoms with E-state index in [9.17, 15) is 0 Å². The summed E-state index contributed by atoms with van der Waals surface area (Å²) in [6, 6.07) is 0. The minimum absolute atomic E-state index is 0.544. The SMILES string of the molecule is O[Si](O)(O)C1C=CC=C1. The zero-order valence-electron chi connectivity index (χ0n) is 4.73. The van der Waals surface area contributed by atoms with Gasteiger partial charge in [-0.15, -0.1) is 0 Å². The van der Waals surface area contributed by atoms with E-state index in [4.69, 9.17) is 14.4 Å². The summed E-state index contributed by atoms with van der Waals surface area (Å²) >= 11 is 0.